The molecule has 0 saturated carbocycles. The molecule has 2 rings (SSSR count). The monoisotopic (exact) mass is 313 g/mol. The van der Waals surface area contributed by atoms with Crippen molar-refractivity contribution in [3.63, 3.8) is 0 Å². The summed E-state index contributed by atoms with van der Waals surface area (Å²) in [5, 5.41) is 2.33. The third-order valence-electron chi connectivity index (χ3n) is 2.90. The van der Waals surface area contributed by atoms with Crippen LogP contribution in [0.25, 0.3) is 0 Å². The third-order valence-corrected chi connectivity index (χ3v) is 2.90. The zero-order chi connectivity index (χ0) is 16.3. The van der Waals surface area contributed by atoms with E-state index in [2.05, 4.69) is 5.32 Å². The standard InChI is InChI=1S/C15H11F4NO2/c1-22-10-7-5-9(6-8-10)20-14(21)11-3-2-4-12(13(11)16)15(17,18)19/h2-8H,1H3,(H,20,21). The van der Waals surface area contributed by atoms with Gasteiger partial charge in [-0.3, -0.25) is 4.79 Å². The molecule has 7 heteroatoms. The van der Waals surface area contributed by atoms with Gasteiger partial charge in [-0.1, -0.05) is 6.07 Å². The summed E-state index contributed by atoms with van der Waals surface area (Å²) >= 11 is 0. The molecule has 2 aromatic carbocycles. The Labute approximate surface area is 123 Å². The number of ether oxygens (including phenoxy) is 1. The Kier molecular flexibility index (Phi) is 4.35. The van der Waals surface area contributed by atoms with Crippen LogP contribution in [0.1, 0.15) is 15.9 Å². The SMILES string of the molecule is COc1ccc(NC(=O)c2cccc(C(F)(F)F)c2F)cc1. The van der Waals surface area contributed by atoms with Crippen LogP contribution < -0.4 is 10.1 Å². The van der Waals surface area contributed by atoms with Gasteiger partial charge in [-0.05, 0) is 36.4 Å². The first-order valence-corrected chi connectivity index (χ1v) is 6.14. The smallest absolute Gasteiger partial charge is 0.419 e. The number of amides is 1. The predicted octanol–water partition coefficient (Wildman–Crippen LogP) is 4.11. The van der Waals surface area contributed by atoms with E-state index in [1.807, 2.05) is 0 Å². The fourth-order valence-corrected chi connectivity index (χ4v) is 1.80. The van der Waals surface area contributed by atoms with Crippen LogP contribution in [0.4, 0.5) is 23.2 Å². The number of alkyl halides is 3. The van der Waals surface area contributed by atoms with Gasteiger partial charge >= 0.3 is 6.18 Å². The van der Waals surface area contributed by atoms with Gasteiger partial charge < -0.3 is 10.1 Å². The molecule has 0 aliphatic heterocycles. The molecule has 0 aliphatic carbocycles. The van der Waals surface area contributed by atoms with E-state index < -0.39 is 29.0 Å². The molecular formula is C15H11F4NO2. The molecule has 0 aromatic heterocycles. The van der Waals surface area contributed by atoms with Crippen molar-refractivity contribution in [3.8, 4) is 5.75 Å². The average molecular weight is 313 g/mol. The topological polar surface area (TPSA) is 38.3 Å². The van der Waals surface area contributed by atoms with E-state index in [4.69, 9.17) is 4.74 Å². The Hall–Kier alpha value is -2.57. The minimum atomic E-state index is -4.86. The molecule has 1 amide bonds. The van der Waals surface area contributed by atoms with Gasteiger partial charge in [0.15, 0.2) is 0 Å². The molecule has 22 heavy (non-hydrogen) atoms. The molecule has 116 valence electrons. The van der Waals surface area contributed by atoms with Crippen LogP contribution in [0.3, 0.4) is 0 Å². The quantitative estimate of drug-likeness (QED) is 0.866. The fraction of sp³-hybridized carbons (Fsp3) is 0.133. The maximum atomic E-state index is 13.8. The summed E-state index contributed by atoms with van der Waals surface area (Å²) in [5.41, 5.74) is -1.84. The lowest BCUT2D eigenvalue weighted by Crippen LogP contribution is -2.17. The van der Waals surface area contributed by atoms with Gasteiger partial charge in [0.2, 0.25) is 0 Å². The number of benzene rings is 2. The number of carbonyl (C=O) groups excluding carboxylic acids is 1. The van der Waals surface area contributed by atoms with Crippen molar-refractivity contribution in [2.24, 2.45) is 0 Å². The summed E-state index contributed by atoms with van der Waals surface area (Å²) in [6.07, 6.45) is -4.86. The molecule has 2 aromatic rings. The maximum absolute atomic E-state index is 13.8. The number of anilines is 1. The molecule has 1 N–H and O–H groups in total. The van der Waals surface area contributed by atoms with Gasteiger partial charge in [-0.2, -0.15) is 13.2 Å². The van der Waals surface area contributed by atoms with E-state index in [1.54, 1.807) is 12.1 Å². The molecule has 0 bridgehead atoms. The highest BCUT2D eigenvalue weighted by atomic mass is 19.4. The Morgan fingerprint density at radius 1 is 1.09 bits per heavy atom. The van der Waals surface area contributed by atoms with Crippen LogP contribution >= 0.6 is 0 Å². The normalized spacial score (nSPS) is 11.1. The number of hydrogen-bond donors (Lipinski definition) is 1. The van der Waals surface area contributed by atoms with Gasteiger partial charge in [0, 0.05) is 5.69 Å². The molecular weight excluding hydrogens is 302 g/mol. The Bertz CT molecular complexity index is 681. The van der Waals surface area contributed by atoms with Crippen molar-refractivity contribution in [1.29, 1.82) is 0 Å². The van der Waals surface area contributed by atoms with Gasteiger partial charge in [0.1, 0.15) is 11.6 Å². The van der Waals surface area contributed by atoms with Gasteiger partial charge in [-0.25, -0.2) is 4.39 Å². The number of rotatable bonds is 3. The van der Waals surface area contributed by atoms with E-state index in [9.17, 15) is 22.4 Å². The van der Waals surface area contributed by atoms with Crippen LogP contribution in [-0.2, 0) is 6.18 Å². The molecule has 0 unspecified atom stereocenters. The molecule has 0 radical (unpaired) electrons. The minimum Gasteiger partial charge on any atom is -0.497 e. The van der Waals surface area contributed by atoms with Crippen molar-refractivity contribution in [2.45, 2.75) is 6.18 Å². The molecule has 0 aliphatic rings. The first-order valence-electron chi connectivity index (χ1n) is 6.14. The highest BCUT2D eigenvalue weighted by Gasteiger charge is 2.35. The highest BCUT2D eigenvalue weighted by Crippen LogP contribution is 2.32. The minimum absolute atomic E-state index is 0.308. The number of hydrogen-bond acceptors (Lipinski definition) is 2. The maximum Gasteiger partial charge on any atom is 0.419 e. The van der Waals surface area contributed by atoms with E-state index in [0.29, 0.717) is 17.5 Å². The van der Waals surface area contributed by atoms with Crippen molar-refractivity contribution >= 4 is 11.6 Å². The number of methoxy groups -OCH3 is 1. The summed E-state index contributed by atoms with van der Waals surface area (Å²) < 4.78 is 56.6. The molecule has 0 saturated heterocycles. The van der Waals surface area contributed by atoms with Crippen LogP contribution in [0.15, 0.2) is 42.5 Å². The third kappa shape index (κ3) is 3.36. The van der Waals surface area contributed by atoms with Crippen molar-refractivity contribution < 1.29 is 27.1 Å². The number of halogens is 4. The summed E-state index contributed by atoms with van der Waals surface area (Å²) in [5.74, 6) is -2.02. The van der Waals surface area contributed by atoms with Gasteiger partial charge in [0.25, 0.3) is 5.91 Å². The van der Waals surface area contributed by atoms with Crippen LogP contribution in [-0.4, -0.2) is 13.0 Å². The fourth-order valence-electron chi connectivity index (χ4n) is 1.80. The van der Waals surface area contributed by atoms with Crippen molar-refractivity contribution in [1.82, 2.24) is 0 Å². The van der Waals surface area contributed by atoms with Gasteiger partial charge in [-0.15, -0.1) is 0 Å². The first kappa shape index (κ1) is 15.8. The highest BCUT2D eigenvalue weighted by molar-refractivity contribution is 6.04. The van der Waals surface area contributed by atoms with Crippen molar-refractivity contribution in [3.05, 3.63) is 59.4 Å². The average Bonchev–Trinajstić information content (AvgIpc) is 2.47. The van der Waals surface area contributed by atoms with E-state index >= 15 is 0 Å². The lowest BCUT2D eigenvalue weighted by Gasteiger charge is -2.11. The summed E-state index contributed by atoms with van der Waals surface area (Å²) in [4.78, 5) is 11.9. The molecule has 0 fully saturated rings. The number of carbonyl (C=O) groups is 1. The zero-order valence-corrected chi connectivity index (χ0v) is 11.4. The first-order chi connectivity index (χ1) is 10.3. The molecule has 0 heterocycles. The van der Waals surface area contributed by atoms with Gasteiger partial charge in [0.05, 0.1) is 18.2 Å². The van der Waals surface area contributed by atoms with E-state index in [-0.39, 0.29) is 0 Å². The van der Waals surface area contributed by atoms with Crippen LogP contribution in [0.5, 0.6) is 5.75 Å². The van der Waals surface area contributed by atoms with E-state index in [1.165, 1.54) is 19.2 Å². The lowest BCUT2D eigenvalue weighted by molar-refractivity contribution is -0.140. The Balaban J connectivity index is 2.26. The second kappa shape index (κ2) is 6.05. The van der Waals surface area contributed by atoms with Crippen LogP contribution in [0.2, 0.25) is 0 Å². The Morgan fingerprint density at radius 2 is 1.73 bits per heavy atom. The zero-order valence-electron chi connectivity index (χ0n) is 11.4. The molecule has 0 atom stereocenters. The second-order valence-corrected chi connectivity index (χ2v) is 4.35. The summed E-state index contributed by atoms with van der Waals surface area (Å²) in [6.45, 7) is 0. The second-order valence-electron chi connectivity index (χ2n) is 4.35. The largest absolute Gasteiger partial charge is 0.497 e. The number of nitrogens with one attached hydrogen (secondary N) is 1. The molecule has 3 nitrogen and oxygen atoms in total. The lowest BCUT2D eigenvalue weighted by atomic mass is 10.1. The molecule has 0 spiro atoms. The van der Waals surface area contributed by atoms with Crippen LogP contribution in [0, 0.1) is 5.82 Å². The van der Waals surface area contributed by atoms with Crippen molar-refractivity contribution in [2.75, 3.05) is 12.4 Å². The van der Waals surface area contributed by atoms with E-state index in [0.717, 1.165) is 12.1 Å². The summed E-state index contributed by atoms with van der Waals surface area (Å²) in [7, 11) is 1.46. The Morgan fingerprint density at radius 3 is 2.27 bits per heavy atom. The predicted molar refractivity (Wildman–Crippen MR) is 72.3 cm³/mol. The summed E-state index contributed by atoms with van der Waals surface area (Å²) in [6, 6.07) is 8.64.